The van der Waals surface area contributed by atoms with Crippen LogP contribution in [0.3, 0.4) is 0 Å². The fourth-order valence-electron chi connectivity index (χ4n) is 3.99. The van der Waals surface area contributed by atoms with Crippen LogP contribution in [-0.4, -0.2) is 14.8 Å². The molecule has 5 nitrogen and oxygen atoms in total. The lowest BCUT2D eigenvalue weighted by molar-refractivity contribution is 0.476. The maximum atomic E-state index is 6.14. The Morgan fingerprint density at radius 3 is 2.06 bits per heavy atom. The van der Waals surface area contributed by atoms with Crippen LogP contribution in [-0.2, 0) is 6.42 Å². The molecule has 0 atom stereocenters. The van der Waals surface area contributed by atoms with Gasteiger partial charge in [-0.15, -0.1) is 5.10 Å². The molecule has 5 rings (SSSR count). The Kier molecular flexibility index (Phi) is 5.40. The Morgan fingerprint density at radius 2 is 1.39 bits per heavy atom. The normalized spacial score (nSPS) is 12.2. The van der Waals surface area contributed by atoms with Crippen LogP contribution in [0.4, 0.5) is 17.3 Å². The van der Waals surface area contributed by atoms with Crippen molar-refractivity contribution in [2.45, 2.75) is 39.0 Å². The van der Waals surface area contributed by atoms with Crippen LogP contribution in [0.25, 0.3) is 5.69 Å². The number of hydrogen-bond acceptors (Lipinski definition) is 4. The van der Waals surface area contributed by atoms with E-state index < -0.39 is 0 Å². The largest absolute Gasteiger partial charge is 0.453 e. The minimum atomic E-state index is 0.664. The van der Waals surface area contributed by atoms with E-state index in [1.165, 1.54) is 19.3 Å². The second-order valence-corrected chi connectivity index (χ2v) is 7.76. The Balaban J connectivity index is 1.60. The lowest BCUT2D eigenvalue weighted by atomic mass is 10.1. The highest BCUT2D eigenvalue weighted by molar-refractivity contribution is 5.83. The number of nitrogens with zero attached hydrogens (tertiary/aromatic N) is 4. The Morgan fingerprint density at radius 1 is 0.742 bits per heavy atom. The predicted octanol–water partition coefficient (Wildman–Crippen LogP) is 6.97. The predicted molar refractivity (Wildman–Crippen MR) is 124 cm³/mol. The number of aromatic nitrogens is 3. The molecule has 0 amide bonds. The zero-order valence-corrected chi connectivity index (χ0v) is 17.7. The Bertz CT molecular complexity index is 1120. The second-order valence-electron chi connectivity index (χ2n) is 7.76. The summed E-state index contributed by atoms with van der Waals surface area (Å²) in [5.74, 6) is 3.26. The number of unbranched alkanes of at least 4 members (excludes halogenated alkanes) is 3. The average Bonchev–Trinajstić information content (AvgIpc) is 3.24. The van der Waals surface area contributed by atoms with Gasteiger partial charge < -0.3 is 4.74 Å². The summed E-state index contributed by atoms with van der Waals surface area (Å²) in [6.45, 7) is 2.23. The van der Waals surface area contributed by atoms with Crippen LogP contribution in [0.15, 0.2) is 78.9 Å². The molecule has 0 unspecified atom stereocenters. The molecule has 156 valence electrons. The molecule has 1 aromatic heterocycles. The van der Waals surface area contributed by atoms with Gasteiger partial charge in [0.25, 0.3) is 5.95 Å². The summed E-state index contributed by atoms with van der Waals surface area (Å²) in [5, 5.41) is 4.98. The van der Waals surface area contributed by atoms with Crippen molar-refractivity contribution in [3.8, 4) is 17.2 Å². The first-order valence-electron chi connectivity index (χ1n) is 11.0. The first kappa shape index (κ1) is 19.4. The molecule has 1 aliphatic heterocycles. The molecular weight excluding hydrogens is 384 g/mol. The van der Waals surface area contributed by atoms with Gasteiger partial charge in [-0.3, -0.25) is 4.90 Å². The van der Waals surface area contributed by atoms with E-state index in [-0.39, 0.29) is 0 Å². The van der Waals surface area contributed by atoms with E-state index in [4.69, 9.17) is 14.8 Å². The molecular formula is C26H26N4O. The van der Waals surface area contributed by atoms with Crippen molar-refractivity contribution in [3.63, 3.8) is 0 Å². The number of fused-ring (bicyclic) bond motifs is 2. The molecule has 5 heteroatoms. The summed E-state index contributed by atoms with van der Waals surface area (Å²) in [6, 6.07) is 26.3. The van der Waals surface area contributed by atoms with Gasteiger partial charge in [-0.25, -0.2) is 4.68 Å². The molecule has 0 saturated carbocycles. The first-order chi connectivity index (χ1) is 15.3. The van der Waals surface area contributed by atoms with Gasteiger partial charge in [0.15, 0.2) is 11.5 Å². The summed E-state index contributed by atoms with van der Waals surface area (Å²) in [5.41, 5.74) is 2.93. The highest BCUT2D eigenvalue weighted by Gasteiger charge is 2.28. The Hall–Kier alpha value is -3.60. The van der Waals surface area contributed by atoms with Gasteiger partial charge >= 0.3 is 0 Å². The van der Waals surface area contributed by atoms with Crippen molar-refractivity contribution in [3.05, 3.63) is 84.7 Å². The van der Waals surface area contributed by atoms with Gasteiger partial charge in [0, 0.05) is 6.42 Å². The number of hydrogen-bond donors (Lipinski definition) is 0. The first-order valence-corrected chi connectivity index (χ1v) is 11.0. The zero-order chi connectivity index (χ0) is 21.0. The highest BCUT2D eigenvalue weighted by atomic mass is 16.5. The van der Waals surface area contributed by atoms with Crippen LogP contribution in [0.2, 0.25) is 0 Å². The lowest BCUT2D eigenvalue weighted by Crippen LogP contribution is -2.17. The van der Waals surface area contributed by atoms with Crippen molar-refractivity contribution in [1.29, 1.82) is 0 Å². The van der Waals surface area contributed by atoms with Crippen molar-refractivity contribution >= 4 is 17.3 Å². The third kappa shape index (κ3) is 3.79. The smallest absolute Gasteiger partial charge is 0.254 e. The molecule has 0 N–H and O–H groups in total. The molecule has 0 fully saturated rings. The minimum Gasteiger partial charge on any atom is -0.453 e. The van der Waals surface area contributed by atoms with E-state index in [9.17, 15) is 0 Å². The van der Waals surface area contributed by atoms with Crippen LogP contribution < -0.4 is 9.64 Å². The lowest BCUT2D eigenvalue weighted by Gasteiger charge is -2.30. The summed E-state index contributed by atoms with van der Waals surface area (Å²) in [6.07, 6.45) is 5.68. The van der Waals surface area contributed by atoms with Crippen LogP contribution >= 0.6 is 0 Å². The van der Waals surface area contributed by atoms with Crippen LogP contribution in [0.1, 0.15) is 38.4 Å². The van der Waals surface area contributed by atoms with Crippen molar-refractivity contribution < 1.29 is 4.74 Å². The van der Waals surface area contributed by atoms with Gasteiger partial charge in [0.1, 0.15) is 5.82 Å². The average molecular weight is 411 g/mol. The molecule has 4 aromatic rings. The zero-order valence-electron chi connectivity index (χ0n) is 17.7. The molecule has 0 radical (unpaired) electrons. The Labute approximate surface area is 182 Å². The van der Waals surface area contributed by atoms with Crippen molar-refractivity contribution in [2.24, 2.45) is 0 Å². The molecule has 1 aliphatic rings. The SMILES string of the molecule is CCCCCCc1nc(N2c3ccccc3Oc3ccccc32)nn1-c1ccccc1. The van der Waals surface area contributed by atoms with E-state index in [0.29, 0.717) is 5.95 Å². The standard InChI is InChI=1S/C26H26N4O/c1-2-3-4-8-19-25-27-26(28-30(25)20-13-6-5-7-14-20)29-21-15-9-11-17-23(21)31-24-18-12-10-16-22(24)29/h5-7,9-18H,2-4,8,19H2,1H3. The molecule has 0 saturated heterocycles. The van der Waals surface area contributed by atoms with Crippen LogP contribution in [0.5, 0.6) is 11.5 Å². The van der Waals surface area contributed by atoms with E-state index in [0.717, 1.165) is 47.2 Å². The quantitative estimate of drug-likeness (QED) is 0.272. The van der Waals surface area contributed by atoms with E-state index in [1.54, 1.807) is 0 Å². The molecule has 2 heterocycles. The molecule has 0 aliphatic carbocycles. The maximum absolute atomic E-state index is 6.14. The van der Waals surface area contributed by atoms with Crippen molar-refractivity contribution in [1.82, 2.24) is 14.8 Å². The highest BCUT2D eigenvalue weighted by Crippen LogP contribution is 2.49. The monoisotopic (exact) mass is 410 g/mol. The molecule has 31 heavy (non-hydrogen) atoms. The second kappa shape index (κ2) is 8.64. The third-order valence-corrected chi connectivity index (χ3v) is 5.55. The van der Waals surface area contributed by atoms with Crippen LogP contribution in [0, 0.1) is 0 Å². The van der Waals surface area contributed by atoms with E-state index >= 15 is 0 Å². The summed E-state index contributed by atoms with van der Waals surface area (Å²) < 4.78 is 8.13. The van der Waals surface area contributed by atoms with Gasteiger partial charge in [-0.1, -0.05) is 68.7 Å². The van der Waals surface area contributed by atoms with Gasteiger partial charge in [0.2, 0.25) is 0 Å². The number of aryl methyl sites for hydroxylation is 1. The van der Waals surface area contributed by atoms with E-state index in [1.807, 2.05) is 59.3 Å². The molecule has 0 spiro atoms. The van der Waals surface area contributed by atoms with E-state index in [2.05, 4.69) is 36.1 Å². The van der Waals surface area contributed by atoms with Gasteiger partial charge in [-0.05, 0) is 42.8 Å². The fraction of sp³-hybridized carbons (Fsp3) is 0.231. The summed E-state index contributed by atoms with van der Waals surface area (Å²) in [4.78, 5) is 7.13. The number of anilines is 3. The van der Waals surface area contributed by atoms with Gasteiger partial charge in [-0.2, -0.15) is 4.98 Å². The molecule has 3 aromatic carbocycles. The fourth-order valence-corrected chi connectivity index (χ4v) is 3.99. The number of rotatable bonds is 7. The third-order valence-electron chi connectivity index (χ3n) is 5.55. The maximum Gasteiger partial charge on any atom is 0.254 e. The van der Waals surface area contributed by atoms with Crippen molar-refractivity contribution in [2.75, 3.05) is 4.90 Å². The number of ether oxygens (including phenoxy) is 1. The summed E-state index contributed by atoms with van der Waals surface area (Å²) in [7, 11) is 0. The number of benzene rings is 3. The molecule has 0 bridgehead atoms. The summed E-state index contributed by atoms with van der Waals surface area (Å²) >= 11 is 0. The van der Waals surface area contributed by atoms with Gasteiger partial charge in [0.05, 0.1) is 17.1 Å². The number of para-hydroxylation sites is 5. The topological polar surface area (TPSA) is 43.2 Å². The minimum absolute atomic E-state index is 0.664.